The molecule has 0 aromatic heterocycles. The number of hydrogen-bond donors (Lipinski definition) is 0. The van der Waals surface area contributed by atoms with Crippen molar-refractivity contribution >= 4 is 12.2 Å². The van der Waals surface area contributed by atoms with Crippen LogP contribution in [0, 0.1) is 5.92 Å². The maximum absolute atomic E-state index is 12.5. The maximum atomic E-state index is 12.5. The predicted molar refractivity (Wildman–Crippen MR) is 124 cm³/mol. The molecule has 2 heterocycles. The van der Waals surface area contributed by atoms with Gasteiger partial charge in [-0.3, -0.25) is 4.90 Å². The van der Waals surface area contributed by atoms with Crippen LogP contribution in [0.15, 0.2) is 30.3 Å². The molecule has 0 bridgehead atoms. The number of likely N-dealkylation sites (tertiary alicyclic amines) is 1. The molecule has 7 heteroatoms. The average molecular weight is 446 g/mol. The van der Waals surface area contributed by atoms with Crippen LogP contribution >= 0.6 is 0 Å². The van der Waals surface area contributed by atoms with Crippen molar-refractivity contribution in [2.75, 3.05) is 32.7 Å². The fourth-order valence-electron chi connectivity index (χ4n) is 4.60. The fraction of sp³-hybridized carbons (Fsp3) is 0.680. The van der Waals surface area contributed by atoms with Crippen molar-refractivity contribution < 1.29 is 19.1 Å². The van der Waals surface area contributed by atoms with Gasteiger partial charge in [-0.25, -0.2) is 9.59 Å². The van der Waals surface area contributed by atoms with E-state index >= 15 is 0 Å². The van der Waals surface area contributed by atoms with Crippen LogP contribution in [-0.4, -0.2) is 77.3 Å². The van der Waals surface area contributed by atoms with Crippen molar-refractivity contribution in [1.82, 2.24) is 14.7 Å². The molecule has 0 radical (unpaired) electrons. The topological polar surface area (TPSA) is 62.3 Å². The highest BCUT2D eigenvalue weighted by Crippen LogP contribution is 2.25. The second-order valence-electron chi connectivity index (χ2n) is 10.3. The number of carbonyl (C=O) groups is 2. The lowest BCUT2D eigenvalue weighted by molar-refractivity contribution is -0.0139. The first-order chi connectivity index (χ1) is 15.1. The number of benzene rings is 1. The maximum Gasteiger partial charge on any atom is 0.410 e. The molecule has 0 N–H and O–H groups in total. The molecule has 32 heavy (non-hydrogen) atoms. The molecule has 2 aliphatic rings. The molecule has 1 aromatic rings. The van der Waals surface area contributed by atoms with Gasteiger partial charge in [0.15, 0.2) is 0 Å². The minimum absolute atomic E-state index is 0.222. The van der Waals surface area contributed by atoms with Crippen LogP contribution in [0.1, 0.15) is 53.0 Å². The molecule has 2 saturated heterocycles. The third-order valence-corrected chi connectivity index (χ3v) is 6.30. The number of hydrogen-bond acceptors (Lipinski definition) is 5. The number of amides is 2. The van der Waals surface area contributed by atoms with E-state index < -0.39 is 5.60 Å². The van der Waals surface area contributed by atoms with E-state index in [9.17, 15) is 9.59 Å². The molecule has 2 atom stereocenters. The summed E-state index contributed by atoms with van der Waals surface area (Å²) in [6.45, 7) is 14.2. The molecule has 7 nitrogen and oxygen atoms in total. The van der Waals surface area contributed by atoms with Gasteiger partial charge in [0.05, 0.1) is 0 Å². The van der Waals surface area contributed by atoms with Gasteiger partial charge in [-0.05, 0) is 58.9 Å². The zero-order valence-electron chi connectivity index (χ0n) is 20.3. The lowest BCUT2D eigenvalue weighted by Gasteiger charge is -2.46. The molecular weight excluding hydrogens is 406 g/mol. The van der Waals surface area contributed by atoms with Crippen LogP contribution in [0.25, 0.3) is 0 Å². The van der Waals surface area contributed by atoms with Gasteiger partial charge < -0.3 is 19.3 Å². The van der Waals surface area contributed by atoms with Gasteiger partial charge in [0.2, 0.25) is 0 Å². The van der Waals surface area contributed by atoms with E-state index in [1.54, 1.807) is 0 Å². The quantitative estimate of drug-likeness (QED) is 0.689. The Kier molecular flexibility index (Phi) is 8.04. The van der Waals surface area contributed by atoms with Crippen molar-refractivity contribution in [3.63, 3.8) is 0 Å². The first-order valence-corrected chi connectivity index (χ1v) is 11.8. The molecule has 0 aliphatic carbocycles. The Labute approximate surface area is 192 Å². The Balaban J connectivity index is 1.42. The first kappa shape index (κ1) is 24.4. The molecule has 2 fully saturated rings. The highest BCUT2D eigenvalue weighted by atomic mass is 16.6. The summed E-state index contributed by atoms with van der Waals surface area (Å²) in [5.74, 6) is 0.547. The van der Waals surface area contributed by atoms with Crippen LogP contribution in [0.4, 0.5) is 9.59 Å². The minimum Gasteiger partial charge on any atom is -0.445 e. The van der Waals surface area contributed by atoms with Gasteiger partial charge in [0.25, 0.3) is 0 Å². The largest absolute Gasteiger partial charge is 0.445 e. The summed E-state index contributed by atoms with van der Waals surface area (Å²) in [7, 11) is 0. The van der Waals surface area contributed by atoms with Crippen molar-refractivity contribution in [3.8, 4) is 0 Å². The smallest absolute Gasteiger partial charge is 0.410 e. The van der Waals surface area contributed by atoms with E-state index in [2.05, 4.69) is 18.7 Å². The zero-order valence-corrected chi connectivity index (χ0v) is 20.3. The van der Waals surface area contributed by atoms with Gasteiger partial charge in [0.1, 0.15) is 12.2 Å². The van der Waals surface area contributed by atoms with Gasteiger partial charge in [-0.2, -0.15) is 0 Å². The molecule has 3 rings (SSSR count). The van der Waals surface area contributed by atoms with E-state index in [4.69, 9.17) is 9.47 Å². The van der Waals surface area contributed by atoms with Crippen LogP contribution in [-0.2, 0) is 16.1 Å². The van der Waals surface area contributed by atoms with E-state index in [0.717, 1.165) is 38.0 Å². The first-order valence-electron chi connectivity index (χ1n) is 11.8. The summed E-state index contributed by atoms with van der Waals surface area (Å²) in [5.41, 5.74) is 0.529. The summed E-state index contributed by atoms with van der Waals surface area (Å²) in [4.78, 5) is 31.1. The van der Waals surface area contributed by atoms with E-state index in [1.807, 2.05) is 60.9 Å². The molecule has 0 spiro atoms. The molecule has 1 aromatic carbocycles. The number of piperidine rings is 1. The monoisotopic (exact) mass is 445 g/mol. The molecule has 0 saturated carbocycles. The average Bonchev–Trinajstić information content (AvgIpc) is 2.74. The fourth-order valence-corrected chi connectivity index (χ4v) is 4.60. The SMILES string of the molecule is C[C@H]1CN(C(=O)OC(C)(C)C)C[C@H](C)N1CC1CCN(C(=O)OCc2ccccc2)CC1. The van der Waals surface area contributed by atoms with Crippen LogP contribution in [0.5, 0.6) is 0 Å². The number of ether oxygens (including phenoxy) is 2. The summed E-state index contributed by atoms with van der Waals surface area (Å²) >= 11 is 0. The summed E-state index contributed by atoms with van der Waals surface area (Å²) in [6.07, 6.45) is 1.51. The van der Waals surface area contributed by atoms with Crippen LogP contribution in [0.2, 0.25) is 0 Å². The molecular formula is C25H39N3O4. The Bertz CT molecular complexity index is 744. The standard InChI is InChI=1S/C25H39N3O4/c1-19-15-27(24(30)32-25(3,4)5)16-20(2)28(19)17-21-11-13-26(14-12-21)23(29)31-18-22-9-7-6-8-10-22/h6-10,19-21H,11-18H2,1-5H3/t19-,20-/m0/s1. The molecule has 2 aliphatic heterocycles. The van der Waals surface area contributed by atoms with E-state index in [-0.39, 0.29) is 24.3 Å². The third kappa shape index (κ3) is 6.86. The highest BCUT2D eigenvalue weighted by Gasteiger charge is 2.35. The third-order valence-electron chi connectivity index (χ3n) is 6.30. The Morgan fingerprint density at radius 1 is 0.938 bits per heavy atom. The van der Waals surface area contributed by atoms with Crippen molar-refractivity contribution in [2.24, 2.45) is 5.92 Å². The van der Waals surface area contributed by atoms with E-state index in [0.29, 0.717) is 25.6 Å². The molecule has 178 valence electrons. The lowest BCUT2D eigenvalue weighted by Crippen LogP contribution is -2.59. The van der Waals surface area contributed by atoms with Crippen LogP contribution < -0.4 is 0 Å². The Morgan fingerprint density at radius 3 is 2.09 bits per heavy atom. The van der Waals surface area contributed by atoms with Gasteiger partial charge in [0, 0.05) is 44.8 Å². The number of nitrogens with zero attached hydrogens (tertiary/aromatic N) is 3. The van der Waals surface area contributed by atoms with Gasteiger partial charge in [-0.15, -0.1) is 0 Å². The van der Waals surface area contributed by atoms with Gasteiger partial charge >= 0.3 is 12.2 Å². The van der Waals surface area contributed by atoms with Crippen molar-refractivity contribution in [3.05, 3.63) is 35.9 Å². The zero-order chi connectivity index (χ0) is 23.3. The summed E-state index contributed by atoms with van der Waals surface area (Å²) in [6, 6.07) is 10.3. The van der Waals surface area contributed by atoms with E-state index in [1.165, 1.54) is 0 Å². The number of rotatable bonds is 4. The lowest BCUT2D eigenvalue weighted by atomic mass is 9.94. The van der Waals surface area contributed by atoms with Gasteiger partial charge in [-0.1, -0.05) is 30.3 Å². The number of piperazine rings is 1. The second kappa shape index (κ2) is 10.6. The summed E-state index contributed by atoms with van der Waals surface area (Å²) in [5, 5.41) is 0. The van der Waals surface area contributed by atoms with Crippen LogP contribution in [0.3, 0.4) is 0 Å². The Hall–Kier alpha value is -2.28. The predicted octanol–water partition coefficient (Wildman–Crippen LogP) is 4.36. The van der Waals surface area contributed by atoms with Crippen molar-refractivity contribution in [1.29, 1.82) is 0 Å². The highest BCUT2D eigenvalue weighted by molar-refractivity contribution is 5.68. The number of carbonyl (C=O) groups excluding carboxylic acids is 2. The molecule has 0 unspecified atom stereocenters. The Morgan fingerprint density at radius 2 is 1.53 bits per heavy atom. The molecule has 2 amide bonds. The summed E-state index contributed by atoms with van der Waals surface area (Å²) < 4.78 is 11.0. The van der Waals surface area contributed by atoms with Crippen molar-refractivity contribution in [2.45, 2.75) is 71.8 Å². The second-order valence-corrected chi connectivity index (χ2v) is 10.3. The normalized spacial score (nSPS) is 23.2. The minimum atomic E-state index is -0.475.